The molecule has 6 nitrogen and oxygen atoms in total. The number of benzene rings is 2. The Labute approximate surface area is 122 Å². The highest BCUT2D eigenvalue weighted by Crippen LogP contribution is 2.23. The molecule has 0 unspecified atom stereocenters. The molecule has 0 fully saturated rings. The molecule has 0 atom stereocenters. The maximum atomic E-state index is 11.8. The number of hydrogen-bond donors (Lipinski definition) is 1. The van der Waals surface area contributed by atoms with Gasteiger partial charge in [-0.05, 0) is 35.4 Å². The molecule has 0 spiro atoms. The smallest absolute Gasteiger partial charge is 0.258 e. The third kappa shape index (κ3) is 3.45. The molecule has 110 valence electrons. The first kappa shape index (κ1) is 15.1. The lowest BCUT2D eigenvalue weighted by atomic mass is 10.1. The number of nitro groups is 1. The zero-order chi connectivity index (χ0) is 15.5. The molecular weight excluding hydrogens is 292 g/mol. The van der Waals surface area contributed by atoms with Crippen LogP contribution in [0.25, 0.3) is 11.1 Å². The van der Waals surface area contributed by atoms with Gasteiger partial charge in [-0.3, -0.25) is 10.1 Å². The Kier molecular flexibility index (Phi) is 4.35. The molecule has 0 aliphatic carbocycles. The van der Waals surface area contributed by atoms with Crippen molar-refractivity contribution in [2.24, 2.45) is 0 Å². The molecular formula is C14H14N2O4S. The summed E-state index contributed by atoms with van der Waals surface area (Å²) in [5.41, 5.74) is 1.60. The average molecular weight is 306 g/mol. The second kappa shape index (κ2) is 6.02. The minimum absolute atomic E-state index is 0.0186. The molecule has 0 saturated heterocycles. The molecule has 1 N–H and O–H groups in total. The summed E-state index contributed by atoms with van der Waals surface area (Å²) in [6, 6.07) is 12.5. The highest BCUT2D eigenvalue weighted by Gasteiger charge is 2.12. The highest BCUT2D eigenvalue weighted by atomic mass is 32.2. The zero-order valence-corrected chi connectivity index (χ0v) is 12.1. The summed E-state index contributed by atoms with van der Waals surface area (Å²) < 4.78 is 26.0. The van der Waals surface area contributed by atoms with Crippen molar-refractivity contribution in [3.63, 3.8) is 0 Å². The van der Waals surface area contributed by atoms with Crippen LogP contribution in [0.3, 0.4) is 0 Å². The summed E-state index contributed by atoms with van der Waals surface area (Å²) >= 11 is 0. The minimum atomic E-state index is -3.47. The van der Waals surface area contributed by atoms with E-state index in [4.69, 9.17) is 0 Å². The van der Waals surface area contributed by atoms with Crippen LogP contribution in [0.5, 0.6) is 0 Å². The second-order valence-corrected chi connectivity index (χ2v) is 6.10. The van der Waals surface area contributed by atoms with Crippen molar-refractivity contribution in [1.29, 1.82) is 0 Å². The molecule has 0 radical (unpaired) electrons. The van der Waals surface area contributed by atoms with E-state index >= 15 is 0 Å². The van der Waals surface area contributed by atoms with E-state index < -0.39 is 14.9 Å². The van der Waals surface area contributed by atoms with Gasteiger partial charge in [0, 0.05) is 18.7 Å². The Balaban J connectivity index is 2.29. The monoisotopic (exact) mass is 306 g/mol. The van der Waals surface area contributed by atoms with Crippen LogP contribution in [0.4, 0.5) is 5.69 Å². The molecule has 0 bridgehead atoms. The lowest BCUT2D eigenvalue weighted by Crippen LogP contribution is -2.22. The van der Waals surface area contributed by atoms with Gasteiger partial charge in [0.15, 0.2) is 0 Å². The Morgan fingerprint density at radius 3 is 1.90 bits per heavy atom. The van der Waals surface area contributed by atoms with Gasteiger partial charge in [-0.2, -0.15) is 0 Å². The predicted molar refractivity (Wildman–Crippen MR) is 79.4 cm³/mol. The Bertz CT molecular complexity index is 738. The SMILES string of the molecule is CCNS(=O)(=O)c1ccc(-c2ccc([N+](=O)[O-])cc2)cc1. The standard InChI is InChI=1S/C14H14N2O4S/c1-2-15-21(19,20)14-9-5-12(6-10-14)11-3-7-13(8-4-11)16(17)18/h3-10,15H,2H2,1H3. The molecule has 2 rings (SSSR count). The van der Waals surface area contributed by atoms with Crippen molar-refractivity contribution < 1.29 is 13.3 Å². The lowest BCUT2D eigenvalue weighted by molar-refractivity contribution is -0.384. The van der Waals surface area contributed by atoms with Gasteiger partial charge in [0.05, 0.1) is 9.82 Å². The van der Waals surface area contributed by atoms with E-state index in [1.165, 1.54) is 24.3 Å². The van der Waals surface area contributed by atoms with Crippen LogP contribution in [-0.2, 0) is 10.0 Å². The van der Waals surface area contributed by atoms with Crippen LogP contribution in [0.2, 0.25) is 0 Å². The Morgan fingerprint density at radius 2 is 1.48 bits per heavy atom. The largest absolute Gasteiger partial charge is 0.269 e. The van der Waals surface area contributed by atoms with E-state index in [2.05, 4.69) is 4.72 Å². The molecule has 0 heterocycles. The van der Waals surface area contributed by atoms with Gasteiger partial charge in [-0.15, -0.1) is 0 Å². The van der Waals surface area contributed by atoms with Gasteiger partial charge >= 0.3 is 0 Å². The van der Waals surface area contributed by atoms with Crippen molar-refractivity contribution >= 4 is 15.7 Å². The van der Waals surface area contributed by atoms with Crippen LogP contribution in [0.15, 0.2) is 53.4 Å². The fraction of sp³-hybridized carbons (Fsp3) is 0.143. The van der Waals surface area contributed by atoms with Crippen molar-refractivity contribution in [2.45, 2.75) is 11.8 Å². The summed E-state index contributed by atoms with van der Waals surface area (Å²) in [5, 5.41) is 10.6. The first-order valence-electron chi connectivity index (χ1n) is 6.28. The Hall–Kier alpha value is -2.25. The number of non-ortho nitro benzene ring substituents is 1. The Morgan fingerprint density at radius 1 is 1.00 bits per heavy atom. The quantitative estimate of drug-likeness (QED) is 0.679. The van der Waals surface area contributed by atoms with Gasteiger partial charge in [-0.1, -0.05) is 19.1 Å². The van der Waals surface area contributed by atoms with Gasteiger partial charge in [0.1, 0.15) is 0 Å². The fourth-order valence-corrected chi connectivity index (χ4v) is 2.92. The van der Waals surface area contributed by atoms with E-state index in [1.54, 1.807) is 31.2 Å². The number of hydrogen-bond acceptors (Lipinski definition) is 4. The number of sulfonamides is 1. The van der Waals surface area contributed by atoms with Gasteiger partial charge < -0.3 is 0 Å². The van der Waals surface area contributed by atoms with E-state index in [9.17, 15) is 18.5 Å². The molecule has 0 aromatic heterocycles. The van der Waals surface area contributed by atoms with Crippen LogP contribution < -0.4 is 4.72 Å². The third-order valence-electron chi connectivity index (χ3n) is 2.91. The molecule has 0 aliphatic rings. The molecule has 2 aromatic carbocycles. The molecule has 0 amide bonds. The van der Waals surface area contributed by atoms with Crippen LogP contribution in [0, 0.1) is 10.1 Å². The zero-order valence-electron chi connectivity index (χ0n) is 11.3. The van der Waals surface area contributed by atoms with E-state index in [1.807, 2.05) is 0 Å². The average Bonchev–Trinajstić information content (AvgIpc) is 2.47. The first-order chi connectivity index (χ1) is 9.94. The summed E-state index contributed by atoms with van der Waals surface area (Å²) in [7, 11) is -3.47. The van der Waals surface area contributed by atoms with Crippen LogP contribution in [0.1, 0.15) is 6.92 Å². The van der Waals surface area contributed by atoms with Gasteiger partial charge in [0.2, 0.25) is 10.0 Å². The normalized spacial score (nSPS) is 11.3. The molecule has 7 heteroatoms. The van der Waals surface area contributed by atoms with Crippen molar-refractivity contribution in [1.82, 2.24) is 4.72 Å². The fourth-order valence-electron chi connectivity index (χ4n) is 1.88. The van der Waals surface area contributed by atoms with Gasteiger partial charge in [0.25, 0.3) is 5.69 Å². The molecule has 0 aliphatic heterocycles. The molecule has 21 heavy (non-hydrogen) atoms. The summed E-state index contributed by atoms with van der Waals surface area (Å²) in [5.74, 6) is 0. The van der Waals surface area contributed by atoms with Crippen LogP contribution in [-0.4, -0.2) is 19.9 Å². The topological polar surface area (TPSA) is 89.3 Å². The second-order valence-electron chi connectivity index (χ2n) is 4.33. The number of nitrogens with one attached hydrogen (secondary N) is 1. The predicted octanol–water partition coefficient (Wildman–Crippen LogP) is 2.56. The number of nitrogens with zero attached hydrogens (tertiary/aromatic N) is 1. The molecule has 2 aromatic rings. The first-order valence-corrected chi connectivity index (χ1v) is 7.77. The summed E-state index contributed by atoms with van der Waals surface area (Å²) in [4.78, 5) is 10.3. The van der Waals surface area contributed by atoms with Gasteiger partial charge in [-0.25, -0.2) is 13.1 Å². The van der Waals surface area contributed by atoms with Crippen molar-refractivity contribution in [2.75, 3.05) is 6.54 Å². The van der Waals surface area contributed by atoms with E-state index in [0.717, 1.165) is 11.1 Å². The minimum Gasteiger partial charge on any atom is -0.258 e. The number of nitro benzene ring substituents is 1. The summed E-state index contributed by atoms with van der Waals surface area (Å²) in [6.45, 7) is 2.04. The lowest BCUT2D eigenvalue weighted by Gasteiger charge is -2.06. The van der Waals surface area contributed by atoms with Crippen molar-refractivity contribution in [3.8, 4) is 11.1 Å². The maximum Gasteiger partial charge on any atom is 0.269 e. The number of rotatable bonds is 5. The van der Waals surface area contributed by atoms with Crippen molar-refractivity contribution in [3.05, 3.63) is 58.6 Å². The van der Waals surface area contributed by atoms with E-state index in [-0.39, 0.29) is 10.6 Å². The highest BCUT2D eigenvalue weighted by molar-refractivity contribution is 7.89. The molecule has 0 saturated carbocycles. The van der Waals surface area contributed by atoms with Crippen LogP contribution >= 0.6 is 0 Å². The van der Waals surface area contributed by atoms with E-state index in [0.29, 0.717) is 6.54 Å². The third-order valence-corrected chi connectivity index (χ3v) is 4.47. The summed E-state index contributed by atoms with van der Waals surface area (Å²) in [6.07, 6.45) is 0. The maximum absolute atomic E-state index is 11.8.